The maximum Gasteiger partial charge on any atom is 0.0594 e. The predicted octanol–water partition coefficient (Wildman–Crippen LogP) is 1.98. The van der Waals surface area contributed by atoms with E-state index in [-0.39, 0.29) is 5.54 Å². The van der Waals surface area contributed by atoms with Crippen molar-refractivity contribution >= 4 is 0 Å². The standard InChI is InChI=1S/C12H19NO/c1-2-12(6-4-3-5-7-12)13-8-10-14-11-9-13/h3-6H,2,7-11H2,1H3. The first kappa shape index (κ1) is 9.94. The zero-order chi connectivity index (χ0) is 9.86. The van der Waals surface area contributed by atoms with E-state index in [1.807, 2.05) is 0 Å². The lowest BCUT2D eigenvalue weighted by molar-refractivity contribution is -0.00677. The lowest BCUT2D eigenvalue weighted by atomic mass is 9.86. The molecule has 1 aliphatic carbocycles. The summed E-state index contributed by atoms with van der Waals surface area (Å²) in [6, 6.07) is 0. The third kappa shape index (κ3) is 1.77. The second-order valence-electron chi connectivity index (χ2n) is 4.05. The van der Waals surface area contributed by atoms with E-state index in [4.69, 9.17) is 4.74 Å². The number of nitrogens with zero attached hydrogens (tertiary/aromatic N) is 1. The Morgan fingerprint density at radius 3 is 2.64 bits per heavy atom. The van der Waals surface area contributed by atoms with Gasteiger partial charge in [-0.25, -0.2) is 0 Å². The maximum absolute atomic E-state index is 5.40. The zero-order valence-corrected chi connectivity index (χ0v) is 8.91. The SMILES string of the molecule is CCC1(N2CCOCC2)C=CC=CC1. The molecule has 2 aliphatic rings. The minimum atomic E-state index is 0.276. The summed E-state index contributed by atoms with van der Waals surface area (Å²) in [5.41, 5.74) is 0.276. The highest BCUT2D eigenvalue weighted by Gasteiger charge is 2.32. The van der Waals surface area contributed by atoms with Crippen LogP contribution in [0.5, 0.6) is 0 Å². The molecule has 2 nitrogen and oxygen atoms in total. The van der Waals surface area contributed by atoms with Crippen LogP contribution in [-0.4, -0.2) is 36.7 Å². The number of ether oxygens (including phenoxy) is 1. The summed E-state index contributed by atoms with van der Waals surface area (Å²) in [5.74, 6) is 0. The van der Waals surface area contributed by atoms with E-state index < -0.39 is 0 Å². The minimum Gasteiger partial charge on any atom is -0.379 e. The van der Waals surface area contributed by atoms with Crippen molar-refractivity contribution < 1.29 is 4.74 Å². The predicted molar refractivity (Wildman–Crippen MR) is 58.3 cm³/mol. The molecule has 2 heteroatoms. The van der Waals surface area contributed by atoms with Gasteiger partial charge in [-0.1, -0.05) is 31.2 Å². The molecule has 1 unspecified atom stereocenters. The van der Waals surface area contributed by atoms with E-state index in [0.29, 0.717) is 0 Å². The van der Waals surface area contributed by atoms with Crippen LogP contribution < -0.4 is 0 Å². The molecule has 0 aromatic carbocycles. The summed E-state index contributed by atoms with van der Waals surface area (Å²) >= 11 is 0. The summed E-state index contributed by atoms with van der Waals surface area (Å²) in [4.78, 5) is 2.57. The van der Waals surface area contributed by atoms with Crippen LogP contribution in [-0.2, 0) is 4.74 Å². The number of hydrogen-bond donors (Lipinski definition) is 0. The quantitative estimate of drug-likeness (QED) is 0.665. The molecule has 0 N–H and O–H groups in total. The third-order valence-electron chi connectivity index (χ3n) is 3.38. The van der Waals surface area contributed by atoms with Gasteiger partial charge in [-0.2, -0.15) is 0 Å². The van der Waals surface area contributed by atoms with Crippen molar-refractivity contribution in [3.63, 3.8) is 0 Å². The minimum absolute atomic E-state index is 0.276. The average molecular weight is 193 g/mol. The number of allylic oxidation sites excluding steroid dienone is 2. The Morgan fingerprint density at radius 1 is 1.29 bits per heavy atom. The van der Waals surface area contributed by atoms with Crippen molar-refractivity contribution in [3.05, 3.63) is 24.3 Å². The molecule has 0 amide bonds. The summed E-state index contributed by atoms with van der Waals surface area (Å²) in [6.07, 6.45) is 11.3. The van der Waals surface area contributed by atoms with Gasteiger partial charge in [0.1, 0.15) is 0 Å². The maximum atomic E-state index is 5.40. The molecule has 1 heterocycles. The Hall–Kier alpha value is -0.600. The molecular weight excluding hydrogens is 174 g/mol. The number of hydrogen-bond acceptors (Lipinski definition) is 2. The summed E-state index contributed by atoms with van der Waals surface area (Å²) in [7, 11) is 0. The second kappa shape index (κ2) is 4.28. The van der Waals surface area contributed by atoms with Gasteiger partial charge in [-0.15, -0.1) is 0 Å². The topological polar surface area (TPSA) is 12.5 Å². The van der Waals surface area contributed by atoms with Gasteiger partial charge < -0.3 is 4.74 Å². The Kier molecular flexibility index (Phi) is 3.04. The Bertz CT molecular complexity index is 241. The van der Waals surface area contributed by atoms with Gasteiger partial charge in [-0.05, 0) is 12.8 Å². The van der Waals surface area contributed by atoms with E-state index in [0.717, 1.165) is 32.7 Å². The van der Waals surface area contributed by atoms with Crippen LogP contribution in [0, 0.1) is 0 Å². The van der Waals surface area contributed by atoms with Gasteiger partial charge in [0.2, 0.25) is 0 Å². The Morgan fingerprint density at radius 2 is 2.07 bits per heavy atom. The molecule has 0 spiro atoms. The molecule has 0 bridgehead atoms. The van der Waals surface area contributed by atoms with Crippen molar-refractivity contribution in [2.24, 2.45) is 0 Å². The van der Waals surface area contributed by atoms with E-state index in [9.17, 15) is 0 Å². The van der Waals surface area contributed by atoms with Gasteiger partial charge in [0.05, 0.1) is 13.2 Å². The smallest absolute Gasteiger partial charge is 0.0594 e. The summed E-state index contributed by atoms with van der Waals surface area (Å²) in [5, 5.41) is 0. The van der Waals surface area contributed by atoms with Crippen LogP contribution in [0.1, 0.15) is 19.8 Å². The lowest BCUT2D eigenvalue weighted by Crippen LogP contribution is -2.52. The highest BCUT2D eigenvalue weighted by Crippen LogP contribution is 2.29. The van der Waals surface area contributed by atoms with Gasteiger partial charge in [0.25, 0.3) is 0 Å². The molecule has 0 aromatic rings. The summed E-state index contributed by atoms with van der Waals surface area (Å²) in [6.45, 7) is 6.20. The van der Waals surface area contributed by atoms with Crippen molar-refractivity contribution in [1.29, 1.82) is 0 Å². The first-order chi connectivity index (χ1) is 6.87. The fraction of sp³-hybridized carbons (Fsp3) is 0.667. The molecule has 1 atom stereocenters. The number of morpholine rings is 1. The monoisotopic (exact) mass is 193 g/mol. The van der Waals surface area contributed by atoms with E-state index in [1.165, 1.54) is 6.42 Å². The average Bonchev–Trinajstić information content (AvgIpc) is 2.31. The fourth-order valence-electron chi connectivity index (χ4n) is 2.38. The molecule has 0 saturated carbocycles. The van der Waals surface area contributed by atoms with Crippen molar-refractivity contribution in [2.45, 2.75) is 25.3 Å². The van der Waals surface area contributed by atoms with Crippen LogP contribution in [0.2, 0.25) is 0 Å². The molecule has 14 heavy (non-hydrogen) atoms. The fourth-order valence-corrected chi connectivity index (χ4v) is 2.38. The van der Waals surface area contributed by atoms with E-state index in [1.54, 1.807) is 0 Å². The van der Waals surface area contributed by atoms with E-state index in [2.05, 4.69) is 36.1 Å². The Labute approximate surface area is 86.2 Å². The van der Waals surface area contributed by atoms with Gasteiger partial charge in [0, 0.05) is 18.6 Å². The van der Waals surface area contributed by atoms with Crippen molar-refractivity contribution in [3.8, 4) is 0 Å². The first-order valence-electron chi connectivity index (χ1n) is 5.54. The molecule has 1 saturated heterocycles. The highest BCUT2D eigenvalue weighted by molar-refractivity contribution is 5.21. The van der Waals surface area contributed by atoms with Crippen molar-refractivity contribution in [2.75, 3.05) is 26.3 Å². The van der Waals surface area contributed by atoms with Crippen LogP contribution in [0.25, 0.3) is 0 Å². The largest absolute Gasteiger partial charge is 0.379 e. The van der Waals surface area contributed by atoms with Gasteiger partial charge in [0.15, 0.2) is 0 Å². The van der Waals surface area contributed by atoms with Crippen LogP contribution in [0.15, 0.2) is 24.3 Å². The molecule has 1 aliphatic heterocycles. The van der Waals surface area contributed by atoms with Crippen LogP contribution in [0.3, 0.4) is 0 Å². The summed E-state index contributed by atoms with van der Waals surface area (Å²) < 4.78 is 5.40. The van der Waals surface area contributed by atoms with Crippen LogP contribution in [0.4, 0.5) is 0 Å². The van der Waals surface area contributed by atoms with Gasteiger partial charge >= 0.3 is 0 Å². The van der Waals surface area contributed by atoms with Crippen LogP contribution >= 0.6 is 0 Å². The molecular formula is C12H19NO. The number of rotatable bonds is 2. The third-order valence-corrected chi connectivity index (χ3v) is 3.38. The molecule has 0 radical (unpaired) electrons. The lowest BCUT2D eigenvalue weighted by Gasteiger charge is -2.44. The van der Waals surface area contributed by atoms with Crippen molar-refractivity contribution in [1.82, 2.24) is 4.90 Å². The normalized spacial score (nSPS) is 33.5. The molecule has 2 rings (SSSR count). The second-order valence-corrected chi connectivity index (χ2v) is 4.05. The molecule has 0 aromatic heterocycles. The molecule has 1 fully saturated rings. The zero-order valence-electron chi connectivity index (χ0n) is 8.91. The first-order valence-corrected chi connectivity index (χ1v) is 5.54. The molecule has 78 valence electrons. The van der Waals surface area contributed by atoms with Gasteiger partial charge in [-0.3, -0.25) is 4.90 Å². The Balaban J connectivity index is 2.10. The highest BCUT2D eigenvalue weighted by atomic mass is 16.5. The van der Waals surface area contributed by atoms with E-state index >= 15 is 0 Å².